The van der Waals surface area contributed by atoms with Crippen LogP contribution in [0.25, 0.3) is 0 Å². The summed E-state index contributed by atoms with van der Waals surface area (Å²) in [6.07, 6.45) is 0. The number of ether oxygens (including phenoxy) is 1. The number of carbonyl (C=O) groups excluding carboxylic acids is 2. The summed E-state index contributed by atoms with van der Waals surface area (Å²) in [5.74, 6) is 0.875. The number of amides is 3. The van der Waals surface area contributed by atoms with Gasteiger partial charge in [0.25, 0.3) is 5.91 Å². The molecule has 1 heterocycles. The van der Waals surface area contributed by atoms with Crippen molar-refractivity contribution >= 4 is 11.9 Å². The third-order valence-electron chi connectivity index (χ3n) is 4.76. The van der Waals surface area contributed by atoms with Gasteiger partial charge in [0, 0.05) is 0 Å². The number of nitrogens with one attached hydrogen (secondary N) is 1. The Morgan fingerprint density at radius 3 is 2.31 bits per heavy atom. The molecule has 0 spiro atoms. The summed E-state index contributed by atoms with van der Waals surface area (Å²) in [5, 5.41) is 2.83. The van der Waals surface area contributed by atoms with Crippen molar-refractivity contribution in [2.75, 3.05) is 13.2 Å². The van der Waals surface area contributed by atoms with Crippen LogP contribution in [0.5, 0.6) is 5.75 Å². The largest absolute Gasteiger partial charge is 0.492 e. The van der Waals surface area contributed by atoms with E-state index in [1.807, 2.05) is 54.6 Å². The minimum Gasteiger partial charge on any atom is -0.492 e. The Labute approximate surface area is 154 Å². The molecule has 2 aromatic rings. The smallest absolute Gasteiger partial charge is 0.325 e. The van der Waals surface area contributed by atoms with Crippen molar-refractivity contribution in [3.05, 3.63) is 65.7 Å². The molecule has 0 unspecified atom stereocenters. The van der Waals surface area contributed by atoms with Gasteiger partial charge in [0.15, 0.2) is 0 Å². The van der Waals surface area contributed by atoms with E-state index >= 15 is 0 Å². The first-order valence-corrected chi connectivity index (χ1v) is 8.84. The summed E-state index contributed by atoms with van der Waals surface area (Å²) >= 11 is 0. The van der Waals surface area contributed by atoms with Gasteiger partial charge in [-0.15, -0.1) is 0 Å². The molecule has 26 heavy (non-hydrogen) atoms. The fourth-order valence-electron chi connectivity index (χ4n) is 3.07. The van der Waals surface area contributed by atoms with Crippen LogP contribution in [0.4, 0.5) is 4.79 Å². The lowest BCUT2D eigenvalue weighted by atomic mass is 9.90. The molecule has 136 valence electrons. The molecule has 1 atom stereocenters. The molecule has 5 heteroatoms. The van der Waals surface area contributed by atoms with Crippen molar-refractivity contribution in [3.8, 4) is 5.75 Å². The standard InChI is InChI=1S/C21H24N2O3/c1-15(2)16-9-11-17(12-10-16)21(3)19(24)23(20(25)22-21)13-14-26-18-7-5-4-6-8-18/h4-12,15H,13-14H2,1-3H3,(H,22,25)/t21-/m1/s1. The van der Waals surface area contributed by atoms with Crippen LogP contribution in [-0.2, 0) is 10.3 Å². The normalized spacial score (nSPS) is 19.8. The zero-order valence-corrected chi connectivity index (χ0v) is 15.4. The van der Waals surface area contributed by atoms with Crippen LogP contribution < -0.4 is 10.1 Å². The summed E-state index contributed by atoms with van der Waals surface area (Å²) < 4.78 is 5.61. The number of hydrogen-bond acceptors (Lipinski definition) is 3. The van der Waals surface area contributed by atoms with Gasteiger partial charge >= 0.3 is 6.03 Å². The lowest BCUT2D eigenvalue weighted by Crippen LogP contribution is -2.41. The van der Waals surface area contributed by atoms with E-state index in [-0.39, 0.29) is 25.1 Å². The minimum atomic E-state index is -1.04. The molecule has 1 aliphatic rings. The number of carbonyl (C=O) groups is 2. The highest BCUT2D eigenvalue weighted by molar-refractivity contribution is 6.07. The highest BCUT2D eigenvalue weighted by Crippen LogP contribution is 2.29. The number of nitrogens with zero attached hydrogens (tertiary/aromatic N) is 1. The van der Waals surface area contributed by atoms with E-state index in [4.69, 9.17) is 4.74 Å². The Kier molecular flexibility index (Phi) is 4.98. The van der Waals surface area contributed by atoms with Gasteiger partial charge in [0.2, 0.25) is 0 Å². The Balaban J connectivity index is 1.69. The summed E-state index contributed by atoms with van der Waals surface area (Å²) in [5.41, 5.74) is 0.938. The number of benzene rings is 2. The quantitative estimate of drug-likeness (QED) is 0.807. The SMILES string of the molecule is CC(C)c1ccc([C@@]2(C)NC(=O)N(CCOc3ccccc3)C2=O)cc1. The lowest BCUT2D eigenvalue weighted by molar-refractivity contribution is -0.131. The number of para-hydroxylation sites is 1. The summed E-state index contributed by atoms with van der Waals surface area (Å²) in [4.78, 5) is 26.4. The maximum atomic E-state index is 12.9. The van der Waals surface area contributed by atoms with Gasteiger partial charge in [-0.05, 0) is 36.1 Å². The summed E-state index contributed by atoms with van der Waals surface area (Å²) in [6, 6.07) is 16.8. The number of urea groups is 1. The Morgan fingerprint density at radius 2 is 1.69 bits per heavy atom. The fraction of sp³-hybridized carbons (Fsp3) is 0.333. The number of rotatable bonds is 6. The molecular formula is C21H24N2O3. The van der Waals surface area contributed by atoms with Gasteiger partial charge in [-0.1, -0.05) is 56.3 Å². The summed E-state index contributed by atoms with van der Waals surface area (Å²) in [7, 11) is 0. The molecule has 0 bridgehead atoms. The second kappa shape index (κ2) is 7.20. The molecule has 3 rings (SSSR count). The van der Waals surface area contributed by atoms with Crippen molar-refractivity contribution < 1.29 is 14.3 Å². The first-order chi connectivity index (χ1) is 12.4. The van der Waals surface area contributed by atoms with Crippen molar-refractivity contribution in [1.82, 2.24) is 10.2 Å². The minimum absolute atomic E-state index is 0.208. The highest BCUT2D eigenvalue weighted by Gasteiger charge is 2.48. The van der Waals surface area contributed by atoms with Gasteiger partial charge in [0.1, 0.15) is 17.9 Å². The van der Waals surface area contributed by atoms with Crippen LogP contribution in [0.15, 0.2) is 54.6 Å². The zero-order chi connectivity index (χ0) is 18.7. The average Bonchev–Trinajstić information content (AvgIpc) is 2.86. The molecule has 5 nitrogen and oxygen atoms in total. The van der Waals surface area contributed by atoms with Crippen LogP contribution in [0.3, 0.4) is 0 Å². The van der Waals surface area contributed by atoms with E-state index in [0.717, 1.165) is 5.56 Å². The Hall–Kier alpha value is -2.82. The Morgan fingerprint density at radius 1 is 1.04 bits per heavy atom. The first-order valence-electron chi connectivity index (χ1n) is 8.84. The topological polar surface area (TPSA) is 58.6 Å². The van der Waals surface area contributed by atoms with Gasteiger partial charge in [-0.3, -0.25) is 9.69 Å². The number of imide groups is 1. The second-order valence-electron chi connectivity index (χ2n) is 6.95. The molecule has 3 amide bonds. The first kappa shape index (κ1) is 18.0. The van der Waals surface area contributed by atoms with Crippen molar-refractivity contribution in [1.29, 1.82) is 0 Å². The number of hydrogen-bond donors (Lipinski definition) is 1. The van der Waals surface area contributed by atoms with E-state index < -0.39 is 5.54 Å². The third kappa shape index (κ3) is 3.43. The van der Waals surface area contributed by atoms with Crippen LogP contribution >= 0.6 is 0 Å². The fourth-order valence-corrected chi connectivity index (χ4v) is 3.07. The van der Waals surface area contributed by atoms with E-state index in [1.165, 1.54) is 10.5 Å². The van der Waals surface area contributed by atoms with Gasteiger partial charge < -0.3 is 10.1 Å². The van der Waals surface area contributed by atoms with Crippen LogP contribution in [-0.4, -0.2) is 30.0 Å². The molecule has 1 aliphatic heterocycles. The van der Waals surface area contributed by atoms with E-state index in [9.17, 15) is 9.59 Å². The van der Waals surface area contributed by atoms with Crippen LogP contribution in [0.1, 0.15) is 37.8 Å². The molecule has 0 aliphatic carbocycles. The predicted molar refractivity (Wildman–Crippen MR) is 100 cm³/mol. The second-order valence-corrected chi connectivity index (χ2v) is 6.95. The lowest BCUT2D eigenvalue weighted by Gasteiger charge is -2.23. The molecule has 0 radical (unpaired) electrons. The van der Waals surface area contributed by atoms with Gasteiger partial charge in [-0.25, -0.2) is 4.79 Å². The Bertz CT molecular complexity index is 787. The molecule has 1 saturated heterocycles. The molecule has 1 N–H and O–H groups in total. The zero-order valence-electron chi connectivity index (χ0n) is 15.4. The van der Waals surface area contributed by atoms with Crippen molar-refractivity contribution in [2.45, 2.75) is 32.2 Å². The molecule has 0 saturated carbocycles. The van der Waals surface area contributed by atoms with E-state index in [2.05, 4.69) is 19.2 Å². The maximum absolute atomic E-state index is 12.9. The van der Waals surface area contributed by atoms with Crippen molar-refractivity contribution in [3.63, 3.8) is 0 Å². The van der Waals surface area contributed by atoms with E-state index in [0.29, 0.717) is 11.7 Å². The monoisotopic (exact) mass is 352 g/mol. The maximum Gasteiger partial charge on any atom is 0.325 e. The molecule has 1 fully saturated rings. The van der Waals surface area contributed by atoms with Gasteiger partial charge in [-0.2, -0.15) is 0 Å². The molecule has 0 aromatic heterocycles. The molecular weight excluding hydrogens is 328 g/mol. The third-order valence-corrected chi connectivity index (χ3v) is 4.76. The summed E-state index contributed by atoms with van der Waals surface area (Å²) in [6.45, 7) is 6.45. The predicted octanol–water partition coefficient (Wildman–Crippen LogP) is 3.66. The molecule has 2 aromatic carbocycles. The van der Waals surface area contributed by atoms with E-state index in [1.54, 1.807) is 6.92 Å². The van der Waals surface area contributed by atoms with Crippen LogP contribution in [0.2, 0.25) is 0 Å². The van der Waals surface area contributed by atoms with Crippen molar-refractivity contribution in [2.24, 2.45) is 0 Å². The average molecular weight is 352 g/mol. The van der Waals surface area contributed by atoms with Gasteiger partial charge in [0.05, 0.1) is 6.54 Å². The van der Waals surface area contributed by atoms with Crippen LogP contribution in [0, 0.1) is 0 Å². The highest BCUT2D eigenvalue weighted by atomic mass is 16.5.